The van der Waals surface area contributed by atoms with Gasteiger partial charge in [0.2, 0.25) is 5.88 Å². The molecule has 19 heavy (non-hydrogen) atoms. The zero-order valence-corrected chi connectivity index (χ0v) is 10.9. The van der Waals surface area contributed by atoms with E-state index in [1.165, 1.54) is 13.1 Å². The van der Waals surface area contributed by atoms with Gasteiger partial charge in [-0.3, -0.25) is 4.79 Å². The molecule has 0 radical (unpaired) electrons. The summed E-state index contributed by atoms with van der Waals surface area (Å²) in [5.74, 6) is 1.28. The minimum Gasteiger partial charge on any atom is -0.497 e. The molecule has 0 amide bonds. The first kappa shape index (κ1) is 13.1. The van der Waals surface area contributed by atoms with Crippen molar-refractivity contribution in [1.29, 1.82) is 0 Å². The molecule has 1 heterocycles. The summed E-state index contributed by atoms with van der Waals surface area (Å²) in [6, 6.07) is 11.0. The molecule has 0 unspecified atom stereocenters. The van der Waals surface area contributed by atoms with Gasteiger partial charge in [0, 0.05) is 17.8 Å². The quantitative estimate of drug-likeness (QED) is 0.773. The van der Waals surface area contributed by atoms with Gasteiger partial charge in [-0.2, -0.15) is 0 Å². The largest absolute Gasteiger partial charge is 0.497 e. The van der Waals surface area contributed by atoms with Crippen molar-refractivity contribution in [2.45, 2.75) is 13.5 Å². The standard InChI is InChI=1S/C15H15NO3/c1-11(17)13-6-7-15(16-9-13)19-10-12-4-3-5-14(8-12)18-2/h3-9H,10H2,1-2H3. The number of nitrogens with zero attached hydrogens (tertiary/aromatic N) is 1. The summed E-state index contributed by atoms with van der Waals surface area (Å²) >= 11 is 0. The summed E-state index contributed by atoms with van der Waals surface area (Å²) in [6.45, 7) is 1.91. The number of rotatable bonds is 5. The second-order valence-electron chi connectivity index (χ2n) is 4.08. The number of carbonyl (C=O) groups is 1. The molecule has 2 rings (SSSR count). The summed E-state index contributed by atoms with van der Waals surface area (Å²) in [5, 5.41) is 0. The highest BCUT2D eigenvalue weighted by Gasteiger charge is 2.02. The third kappa shape index (κ3) is 3.55. The number of ketones is 1. The minimum absolute atomic E-state index is 0.00755. The van der Waals surface area contributed by atoms with Crippen LogP contribution in [0.3, 0.4) is 0 Å². The molecule has 2 aromatic rings. The molecule has 1 aromatic carbocycles. The Morgan fingerprint density at radius 3 is 2.74 bits per heavy atom. The second kappa shape index (κ2) is 6.00. The lowest BCUT2D eigenvalue weighted by Gasteiger charge is -2.07. The number of hydrogen-bond donors (Lipinski definition) is 0. The highest BCUT2D eigenvalue weighted by atomic mass is 16.5. The van der Waals surface area contributed by atoms with Crippen LogP contribution in [0, 0.1) is 0 Å². The fourth-order valence-electron chi connectivity index (χ4n) is 1.59. The van der Waals surface area contributed by atoms with Crippen LogP contribution >= 0.6 is 0 Å². The molecule has 0 saturated heterocycles. The van der Waals surface area contributed by atoms with E-state index in [2.05, 4.69) is 4.98 Å². The van der Waals surface area contributed by atoms with Crippen molar-refractivity contribution < 1.29 is 14.3 Å². The Morgan fingerprint density at radius 2 is 2.11 bits per heavy atom. The molecule has 98 valence electrons. The summed E-state index contributed by atoms with van der Waals surface area (Å²) in [7, 11) is 1.63. The van der Waals surface area contributed by atoms with Gasteiger partial charge in [-0.05, 0) is 30.7 Å². The molecule has 4 nitrogen and oxygen atoms in total. The highest BCUT2D eigenvalue weighted by molar-refractivity contribution is 5.93. The number of carbonyl (C=O) groups excluding carboxylic acids is 1. The summed E-state index contributed by atoms with van der Waals surface area (Å²) in [4.78, 5) is 15.2. The Balaban J connectivity index is 1.99. The van der Waals surface area contributed by atoms with E-state index in [0.29, 0.717) is 18.1 Å². The molecule has 0 fully saturated rings. The number of benzene rings is 1. The highest BCUT2D eigenvalue weighted by Crippen LogP contribution is 2.15. The SMILES string of the molecule is COc1cccc(COc2ccc(C(C)=O)cn2)c1. The monoisotopic (exact) mass is 257 g/mol. The molecule has 0 atom stereocenters. The van der Waals surface area contributed by atoms with Crippen LogP contribution in [0.2, 0.25) is 0 Å². The van der Waals surface area contributed by atoms with E-state index < -0.39 is 0 Å². The molecule has 0 bridgehead atoms. The van der Waals surface area contributed by atoms with Gasteiger partial charge in [-0.1, -0.05) is 12.1 Å². The van der Waals surface area contributed by atoms with Gasteiger partial charge in [-0.25, -0.2) is 4.98 Å². The second-order valence-corrected chi connectivity index (χ2v) is 4.08. The Bertz CT molecular complexity index is 564. The maximum absolute atomic E-state index is 11.1. The van der Waals surface area contributed by atoms with Crippen LogP contribution in [0.4, 0.5) is 0 Å². The smallest absolute Gasteiger partial charge is 0.213 e. The van der Waals surface area contributed by atoms with Crippen LogP contribution in [0.5, 0.6) is 11.6 Å². The topological polar surface area (TPSA) is 48.4 Å². The maximum atomic E-state index is 11.1. The lowest BCUT2D eigenvalue weighted by Crippen LogP contribution is -1.99. The van der Waals surface area contributed by atoms with Gasteiger partial charge >= 0.3 is 0 Å². The van der Waals surface area contributed by atoms with Crippen LogP contribution in [-0.4, -0.2) is 17.9 Å². The van der Waals surface area contributed by atoms with E-state index in [9.17, 15) is 4.79 Å². The molecule has 4 heteroatoms. The first-order valence-electron chi connectivity index (χ1n) is 5.92. The molecule has 0 spiro atoms. The Morgan fingerprint density at radius 1 is 1.26 bits per heavy atom. The molecule has 0 aliphatic rings. The van der Waals surface area contributed by atoms with Crippen molar-refractivity contribution in [3.63, 3.8) is 0 Å². The molecular weight excluding hydrogens is 242 g/mol. The normalized spacial score (nSPS) is 10.0. The van der Waals surface area contributed by atoms with E-state index in [1.54, 1.807) is 19.2 Å². The number of hydrogen-bond acceptors (Lipinski definition) is 4. The third-order valence-corrected chi connectivity index (χ3v) is 2.66. The number of aromatic nitrogens is 1. The summed E-state index contributed by atoms with van der Waals surface area (Å²) in [5.41, 5.74) is 1.57. The summed E-state index contributed by atoms with van der Waals surface area (Å²) in [6.07, 6.45) is 1.52. The molecule has 0 aliphatic heterocycles. The fourth-order valence-corrected chi connectivity index (χ4v) is 1.59. The van der Waals surface area contributed by atoms with Crippen LogP contribution in [0.15, 0.2) is 42.6 Å². The Labute approximate surface area is 112 Å². The Hall–Kier alpha value is -2.36. The zero-order valence-electron chi connectivity index (χ0n) is 10.9. The maximum Gasteiger partial charge on any atom is 0.213 e. The predicted molar refractivity (Wildman–Crippen MR) is 71.6 cm³/mol. The Kier molecular flexibility index (Phi) is 4.13. The van der Waals surface area contributed by atoms with Crippen molar-refractivity contribution in [3.8, 4) is 11.6 Å². The van der Waals surface area contributed by atoms with Crippen molar-refractivity contribution in [3.05, 3.63) is 53.7 Å². The van der Waals surface area contributed by atoms with E-state index in [1.807, 2.05) is 24.3 Å². The van der Waals surface area contributed by atoms with Crippen molar-refractivity contribution in [2.75, 3.05) is 7.11 Å². The molecular formula is C15H15NO3. The molecule has 0 saturated carbocycles. The van der Waals surface area contributed by atoms with Crippen LogP contribution in [0.1, 0.15) is 22.8 Å². The molecule has 0 N–H and O–H groups in total. The average molecular weight is 257 g/mol. The predicted octanol–water partition coefficient (Wildman–Crippen LogP) is 2.87. The van der Waals surface area contributed by atoms with E-state index in [0.717, 1.165) is 11.3 Å². The van der Waals surface area contributed by atoms with Crippen molar-refractivity contribution in [1.82, 2.24) is 4.98 Å². The molecule has 1 aromatic heterocycles. The van der Waals surface area contributed by atoms with Gasteiger partial charge in [0.1, 0.15) is 12.4 Å². The van der Waals surface area contributed by atoms with Gasteiger partial charge < -0.3 is 9.47 Å². The summed E-state index contributed by atoms with van der Waals surface area (Å²) < 4.78 is 10.7. The van der Waals surface area contributed by atoms with Gasteiger partial charge in [-0.15, -0.1) is 0 Å². The van der Waals surface area contributed by atoms with Crippen LogP contribution < -0.4 is 9.47 Å². The van der Waals surface area contributed by atoms with Gasteiger partial charge in [0.25, 0.3) is 0 Å². The lowest BCUT2D eigenvalue weighted by atomic mass is 10.2. The third-order valence-electron chi connectivity index (χ3n) is 2.66. The zero-order chi connectivity index (χ0) is 13.7. The fraction of sp³-hybridized carbons (Fsp3) is 0.200. The van der Waals surface area contributed by atoms with E-state index in [-0.39, 0.29) is 5.78 Å². The lowest BCUT2D eigenvalue weighted by molar-refractivity contribution is 0.101. The van der Waals surface area contributed by atoms with Crippen molar-refractivity contribution >= 4 is 5.78 Å². The van der Waals surface area contributed by atoms with Gasteiger partial charge in [0.15, 0.2) is 5.78 Å². The van der Waals surface area contributed by atoms with Crippen LogP contribution in [0.25, 0.3) is 0 Å². The number of ether oxygens (including phenoxy) is 2. The van der Waals surface area contributed by atoms with Crippen molar-refractivity contribution in [2.24, 2.45) is 0 Å². The molecule has 0 aliphatic carbocycles. The van der Waals surface area contributed by atoms with E-state index >= 15 is 0 Å². The number of pyridine rings is 1. The van der Waals surface area contributed by atoms with Gasteiger partial charge in [0.05, 0.1) is 7.11 Å². The average Bonchev–Trinajstić information content (AvgIpc) is 2.46. The number of methoxy groups -OCH3 is 1. The first-order chi connectivity index (χ1) is 9.19. The van der Waals surface area contributed by atoms with Crippen LogP contribution in [-0.2, 0) is 6.61 Å². The number of Topliss-reactive ketones (excluding diaryl/α,β-unsaturated/α-hetero) is 1. The van der Waals surface area contributed by atoms with E-state index in [4.69, 9.17) is 9.47 Å². The first-order valence-corrected chi connectivity index (χ1v) is 5.92. The minimum atomic E-state index is -0.00755.